The number of nitrogens with one attached hydrogen (secondary N) is 1. The SMILES string of the molecule is COc1ccccc1[C@@H](C)NC(=O)[C@H](C)Oc1ccc2c(c1)CCCC2. The summed E-state index contributed by atoms with van der Waals surface area (Å²) in [5.41, 5.74) is 3.71. The van der Waals surface area contributed by atoms with Gasteiger partial charge in [-0.15, -0.1) is 0 Å². The van der Waals surface area contributed by atoms with Gasteiger partial charge in [-0.2, -0.15) is 0 Å². The van der Waals surface area contributed by atoms with Gasteiger partial charge in [-0.1, -0.05) is 24.3 Å². The molecule has 2 atom stereocenters. The van der Waals surface area contributed by atoms with Crippen molar-refractivity contribution in [2.75, 3.05) is 7.11 Å². The molecule has 0 spiro atoms. The summed E-state index contributed by atoms with van der Waals surface area (Å²) >= 11 is 0. The van der Waals surface area contributed by atoms with E-state index in [4.69, 9.17) is 9.47 Å². The lowest BCUT2D eigenvalue weighted by atomic mass is 9.92. The van der Waals surface area contributed by atoms with E-state index < -0.39 is 6.10 Å². The molecule has 0 fully saturated rings. The van der Waals surface area contributed by atoms with Gasteiger partial charge < -0.3 is 14.8 Å². The molecule has 1 aliphatic carbocycles. The Morgan fingerprint density at radius 1 is 1.04 bits per heavy atom. The van der Waals surface area contributed by atoms with Gasteiger partial charge in [0.05, 0.1) is 13.2 Å². The van der Waals surface area contributed by atoms with Crippen molar-refractivity contribution in [2.45, 2.75) is 51.7 Å². The highest BCUT2D eigenvalue weighted by Gasteiger charge is 2.20. The first-order valence-electron chi connectivity index (χ1n) is 9.30. The van der Waals surface area contributed by atoms with Crippen LogP contribution in [0.1, 0.15) is 49.4 Å². The quantitative estimate of drug-likeness (QED) is 0.846. The van der Waals surface area contributed by atoms with Crippen LogP contribution >= 0.6 is 0 Å². The molecule has 0 saturated carbocycles. The summed E-state index contributed by atoms with van der Waals surface area (Å²) in [5, 5.41) is 3.01. The van der Waals surface area contributed by atoms with Gasteiger partial charge in [0, 0.05) is 5.56 Å². The van der Waals surface area contributed by atoms with Crippen LogP contribution in [0.4, 0.5) is 0 Å². The molecule has 2 aromatic carbocycles. The molecule has 0 saturated heterocycles. The van der Waals surface area contributed by atoms with Crippen LogP contribution < -0.4 is 14.8 Å². The van der Waals surface area contributed by atoms with E-state index in [-0.39, 0.29) is 11.9 Å². The van der Waals surface area contributed by atoms with E-state index >= 15 is 0 Å². The third-order valence-corrected chi connectivity index (χ3v) is 4.97. The maximum atomic E-state index is 12.5. The Hall–Kier alpha value is -2.49. The van der Waals surface area contributed by atoms with Crippen molar-refractivity contribution in [3.05, 3.63) is 59.2 Å². The molecule has 0 unspecified atom stereocenters. The number of amides is 1. The minimum absolute atomic E-state index is 0.138. The zero-order valence-corrected chi connectivity index (χ0v) is 15.7. The number of carbonyl (C=O) groups excluding carboxylic acids is 1. The molecule has 1 N–H and O–H groups in total. The molecule has 0 aromatic heterocycles. The molecule has 4 heteroatoms. The average molecular weight is 353 g/mol. The van der Waals surface area contributed by atoms with Crippen molar-refractivity contribution in [3.8, 4) is 11.5 Å². The lowest BCUT2D eigenvalue weighted by Crippen LogP contribution is -2.37. The molecule has 3 rings (SSSR count). The summed E-state index contributed by atoms with van der Waals surface area (Å²) < 4.78 is 11.3. The monoisotopic (exact) mass is 353 g/mol. The molecular formula is C22H27NO3. The molecule has 1 amide bonds. The van der Waals surface area contributed by atoms with Crippen LogP contribution in [0.15, 0.2) is 42.5 Å². The number of hydrogen-bond acceptors (Lipinski definition) is 3. The third-order valence-electron chi connectivity index (χ3n) is 4.97. The Morgan fingerprint density at radius 3 is 2.54 bits per heavy atom. The van der Waals surface area contributed by atoms with Crippen molar-refractivity contribution in [3.63, 3.8) is 0 Å². The van der Waals surface area contributed by atoms with E-state index in [2.05, 4.69) is 17.4 Å². The predicted molar refractivity (Wildman–Crippen MR) is 103 cm³/mol. The summed E-state index contributed by atoms with van der Waals surface area (Å²) in [6, 6.07) is 13.7. The van der Waals surface area contributed by atoms with Crippen molar-refractivity contribution in [2.24, 2.45) is 0 Å². The molecule has 0 aliphatic heterocycles. The molecule has 1 aliphatic rings. The molecule has 2 aromatic rings. The van der Waals surface area contributed by atoms with Gasteiger partial charge in [0.25, 0.3) is 5.91 Å². The number of ether oxygens (including phenoxy) is 2. The van der Waals surface area contributed by atoms with Crippen LogP contribution in [-0.2, 0) is 17.6 Å². The Bertz CT molecular complexity index is 772. The first-order valence-corrected chi connectivity index (χ1v) is 9.30. The fourth-order valence-corrected chi connectivity index (χ4v) is 3.47. The Labute approximate surface area is 155 Å². The van der Waals surface area contributed by atoms with Gasteiger partial charge in [-0.3, -0.25) is 4.79 Å². The minimum atomic E-state index is -0.561. The van der Waals surface area contributed by atoms with Crippen molar-refractivity contribution < 1.29 is 14.3 Å². The Kier molecular flexibility index (Phi) is 5.82. The highest BCUT2D eigenvalue weighted by Crippen LogP contribution is 2.27. The topological polar surface area (TPSA) is 47.6 Å². The van der Waals surface area contributed by atoms with Gasteiger partial charge in [0.2, 0.25) is 0 Å². The second-order valence-corrected chi connectivity index (χ2v) is 6.87. The maximum Gasteiger partial charge on any atom is 0.261 e. The molecular weight excluding hydrogens is 326 g/mol. The highest BCUT2D eigenvalue weighted by atomic mass is 16.5. The minimum Gasteiger partial charge on any atom is -0.496 e. The number of fused-ring (bicyclic) bond motifs is 1. The Morgan fingerprint density at radius 2 is 1.77 bits per heavy atom. The van der Waals surface area contributed by atoms with Crippen LogP contribution in [0.25, 0.3) is 0 Å². The third kappa shape index (κ3) is 4.18. The normalized spacial score (nSPS) is 15.5. The number of carbonyl (C=O) groups is 1. The molecule has 26 heavy (non-hydrogen) atoms. The summed E-state index contributed by atoms with van der Waals surface area (Å²) in [6.45, 7) is 3.73. The second kappa shape index (κ2) is 8.26. The zero-order chi connectivity index (χ0) is 18.5. The lowest BCUT2D eigenvalue weighted by Gasteiger charge is -2.21. The summed E-state index contributed by atoms with van der Waals surface area (Å²) in [6.07, 6.45) is 4.16. The first-order chi connectivity index (χ1) is 12.6. The summed E-state index contributed by atoms with van der Waals surface area (Å²) in [4.78, 5) is 12.5. The summed E-state index contributed by atoms with van der Waals surface area (Å²) in [5.74, 6) is 1.39. The van der Waals surface area contributed by atoms with Gasteiger partial charge in [-0.05, 0) is 68.9 Å². The molecule has 138 valence electrons. The number of methoxy groups -OCH3 is 1. The fourth-order valence-electron chi connectivity index (χ4n) is 3.47. The number of para-hydroxylation sites is 1. The standard InChI is InChI=1S/C22H27NO3/c1-15(20-10-6-7-11-21(20)25-3)23-22(24)16(2)26-19-13-12-17-8-4-5-9-18(17)14-19/h6-7,10-16H,4-5,8-9H2,1-3H3,(H,23,24)/t15-,16+/m1/s1. The zero-order valence-electron chi connectivity index (χ0n) is 15.7. The number of rotatable bonds is 6. The van der Waals surface area contributed by atoms with Gasteiger partial charge in [-0.25, -0.2) is 0 Å². The van der Waals surface area contributed by atoms with Crippen molar-refractivity contribution >= 4 is 5.91 Å². The van der Waals surface area contributed by atoms with Crippen LogP contribution in [0.3, 0.4) is 0 Å². The van der Waals surface area contributed by atoms with Gasteiger partial charge in [0.15, 0.2) is 6.10 Å². The van der Waals surface area contributed by atoms with E-state index in [1.54, 1.807) is 14.0 Å². The van der Waals surface area contributed by atoms with Crippen LogP contribution in [-0.4, -0.2) is 19.1 Å². The van der Waals surface area contributed by atoms with Crippen LogP contribution in [0.2, 0.25) is 0 Å². The maximum absolute atomic E-state index is 12.5. The first kappa shape index (κ1) is 18.3. The van der Waals surface area contributed by atoms with E-state index in [1.807, 2.05) is 37.3 Å². The summed E-state index contributed by atoms with van der Waals surface area (Å²) in [7, 11) is 1.63. The molecule has 4 nitrogen and oxygen atoms in total. The van der Waals surface area contributed by atoms with E-state index in [1.165, 1.54) is 24.0 Å². The van der Waals surface area contributed by atoms with E-state index in [0.29, 0.717) is 0 Å². The van der Waals surface area contributed by atoms with Crippen LogP contribution in [0, 0.1) is 0 Å². The van der Waals surface area contributed by atoms with Crippen molar-refractivity contribution in [1.29, 1.82) is 0 Å². The van der Waals surface area contributed by atoms with Gasteiger partial charge in [0.1, 0.15) is 11.5 Å². The van der Waals surface area contributed by atoms with E-state index in [9.17, 15) is 4.79 Å². The highest BCUT2D eigenvalue weighted by molar-refractivity contribution is 5.81. The Balaban J connectivity index is 1.62. The smallest absolute Gasteiger partial charge is 0.261 e. The predicted octanol–water partition coefficient (Wildman–Crippen LogP) is 4.22. The average Bonchev–Trinajstić information content (AvgIpc) is 2.67. The number of benzene rings is 2. The largest absolute Gasteiger partial charge is 0.496 e. The fraction of sp³-hybridized carbons (Fsp3) is 0.409. The number of hydrogen-bond donors (Lipinski definition) is 1. The van der Waals surface area contributed by atoms with Crippen molar-refractivity contribution in [1.82, 2.24) is 5.32 Å². The van der Waals surface area contributed by atoms with Gasteiger partial charge >= 0.3 is 0 Å². The molecule has 0 radical (unpaired) electrons. The second-order valence-electron chi connectivity index (χ2n) is 6.87. The molecule has 0 heterocycles. The molecule has 0 bridgehead atoms. The lowest BCUT2D eigenvalue weighted by molar-refractivity contribution is -0.127. The van der Waals surface area contributed by atoms with E-state index in [0.717, 1.165) is 29.9 Å². The number of aryl methyl sites for hydroxylation is 2. The van der Waals surface area contributed by atoms with Crippen LogP contribution in [0.5, 0.6) is 11.5 Å².